The van der Waals surface area contributed by atoms with Gasteiger partial charge >= 0.3 is 0 Å². The van der Waals surface area contributed by atoms with Gasteiger partial charge in [-0.1, -0.05) is 26.0 Å². The number of carbonyl (C=O) groups is 1. The average molecular weight is 278 g/mol. The summed E-state index contributed by atoms with van der Waals surface area (Å²) in [5.74, 6) is -0.250. The Morgan fingerprint density at radius 1 is 1.50 bits per heavy atom. The summed E-state index contributed by atoms with van der Waals surface area (Å²) in [4.78, 5) is 12.0. The second kappa shape index (κ2) is 4.37. The van der Waals surface area contributed by atoms with Crippen molar-refractivity contribution in [2.45, 2.75) is 50.9 Å². The van der Waals surface area contributed by atoms with E-state index in [0.29, 0.717) is 18.4 Å². The normalized spacial score (nSPS) is 32.6. The standard InChI is InChI=1S/C16H19FO3/c1-15(2)7-13(19)14-16(9-15,20-14)8-12(18)10-4-3-5-11(17)6-10/h3-6,12,14,18H,7-9H2,1-2H3. The van der Waals surface area contributed by atoms with E-state index in [1.165, 1.54) is 12.1 Å². The molecule has 1 aliphatic heterocycles. The average Bonchev–Trinajstić information content (AvgIpc) is 3.01. The van der Waals surface area contributed by atoms with Crippen molar-refractivity contribution >= 4 is 5.78 Å². The number of hydrogen-bond donors (Lipinski definition) is 1. The fourth-order valence-electron chi connectivity index (χ4n) is 3.52. The zero-order valence-corrected chi connectivity index (χ0v) is 11.7. The van der Waals surface area contributed by atoms with Crippen molar-refractivity contribution in [3.63, 3.8) is 0 Å². The Balaban J connectivity index is 1.77. The van der Waals surface area contributed by atoms with E-state index in [4.69, 9.17) is 4.74 Å². The zero-order valence-electron chi connectivity index (χ0n) is 11.7. The van der Waals surface area contributed by atoms with Gasteiger partial charge in [0.25, 0.3) is 0 Å². The number of rotatable bonds is 3. The van der Waals surface area contributed by atoms with Gasteiger partial charge in [0, 0.05) is 12.8 Å². The number of ether oxygens (including phenoxy) is 1. The molecule has 108 valence electrons. The summed E-state index contributed by atoms with van der Waals surface area (Å²) in [6.45, 7) is 4.08. The summed E-state index contributed by atoms with van der Waals surface area (Å²) in [7, 11) is 0. The molecule has 1 aromatic carbocycles. The van der Waals surface area contributed by atoms with Gasteiger partial charge in [0.2, 0.25) is 0 Å². The van der Waals surface area contributed by atoms with Crippen LogP contribution in [-0.4, -0.2) is 22.6 Å². The number of ketones is 1. The van der Waals surface area contributed by atoms with Crippen molar-refractivity contribution in [3.8, 4) is 0 Å². The molecule has 3 atom stereocenters. The molecule has 1 saturated carbocycles. The van der Waals surface area contributed by atoms with E-state index in [1.54, 1.807) is 12.1 Å². The van der Waals surface area contributed by atoms with Crippen molar-refractivity contribution in [2.75, 3.05) is 0 Å². The molecule has 2 fully saturated rings. The minimum atomic E-state index is -0.808. The molecule has 3 unspecified atom stereocenters. The molecule has 1 saturated heterocycles. The van der Waals surface area contributed by atoms with Crippen LogP contribution >= 0.6 is 0 Å². The first-order valence-electron chi connectivity index (χ1n) is 6.95. The zero-order chi connectivity index (χ0) is 14.5. The van der Waals surface area contributed by atoms with E-state index in [1.807, 2.05) is 13.8 Å². The lowest BCUT2D eigenvalue weighted by Gasteiger charge is -2.32. The van der Waals surface area contributed by atoms with Crippen LogP contribution < -0.4 is 0 Å². The molecule has 2 aliphatic rings. The van der Waals surface area contributed by atoms with Crippen molar-refractivity contribution in [1.29, 1.82) is 0 Å². The molecule has 1 N–H and O–H groups in total. The molecule has 0 amide bonds. The highest BCUT2D eigenvalue weighted by molar-refractivity contribution is 5.88. The Morgan fingerprint density at radius 3 is 2.95 bits per heavy atom. The van der Waals surface area contributed by atoms with E-state index in [2.05, 4.69) is 0 Å². The van der Waals surface area contributed by atoms with Crippen molar-refractivity contribution in [2.24, 2.45) is 5.41 Å². The molecule has 20 heavy (non-hydrogen) atoms. The van der Waals surface area contributed by atoms with Crippen molar-refractivity contribution < 1.29 is 19.0 Å². The lowest BCUT2D eigenvalue weighted by molar-refractivity contribution is -0.123. The molecule has 0 bridgehead atoms. The lowest BCUT2D eigenvalue weighted by atomic mass is 9.70. The quantitative estimate of drug-likeness (QED) is 0.865. The number of aliphatic hydroxyl groups is 1. The van der Waals surface area contributed by atoms with Gasteiger partial charge in [0.05, 0.1) is 6.10 Å². The molecule has 4 heteroatoms. The number of epoxide rings is 1. The molecule has 0 spiro atoms. The Hall–Kier alpha value is -1.26. The van der Waals surface area contributed by atoms with Crippen LogP contribution in [0.25, 0.3) is 0 Å². The van der Waals surface area contributed by atoms with E-state index in [9.17, 15) is 14.3 Å². The minimum Gasteiger partial charge on any atom is -0.388 e. The number of fused-ring (bicyclic) bond motifs is 1. The highest BCUT2D eigenvalue weighted by Crippen LogP contribution is 2.56. The van der Waals surface area contributed by atoms with Gasteiger partial charge in [-0.25, -0.2) is 4.39 Å². The molecular formula is C16H19FO3. The molecule has 3 nitrogen and oxygen atoms in total. The molecule has 1 aliphatic carbocycles. The number of aliphatic hydroxyl groups excluding tert-OH is 1. The van der Waals surface area contributed by atoms with Gasteiger partial charge in [-0.3, -0.25) is 4.79 Å². The van der Waals surface area contributed by atoms with Gasteiger partial charge < -0.3 is 9.84 Å². The summed E-state index contributed by atoms with van der Waals surface area (Å²) in [6.07, 6.45) is 0.435. The van der Waals surface area contributed by atoms with Crippen LogP contribution in [0, 0.1) is 11.2 Å². The fraction of sp³-hybridized carbons (Fsp3) is 0.562. The van der Waals surface area contributed by atoms with E-state index < -0.39 is 11.7 Å². The molecule has 0 radical (unpaired) electrons. The number of hydrogen-bond acceptors (Lipinski definition) is 3. The molecular weight excluding hydrogens is 259 g/mol. The molecule has 3 rings (SSSR count). The number of carbonyl (C=O) groups excluding carboxylic acids is 1. The van der Waals surface area contributed by atoms with Crippen LogP contribution in [0.5, 0.6) is 0 Å². The maximum Gasteiger partial charge on any atom is 0.165 e. The van der Waals surface area contributed by atoms with Crippen molar-refractivity contribution in [1.82, 2.24) is 0 Å². The maximum absolute atomic E-state index is 13.2. The second-order valence-corrected chi connectivity index (χ2v) is 6.82. The summed E-state index contributed by atoms with van der Waals surface area (Å²) in [5, 5.41) is 10.3. The second-order valence-electron chi connectivity index (χ2n) is 6.82. The van der Waals surface area contributed by atoms with Gasteiger partial charge in [-0.15, -0.1) is 0 Å². The van der Waals surface area contributed by atoms with Gasteiger partial charge in [-0.05, 0) is 29.5 Å². The molecule has 0 aromatic heterocycles. The fourth-order valence-corrected chi connectivity index (χ4v) is 3.52. The summed E-state index contributed by atoms with van der Waals surface area (Å²) in [6, 6.07) is 5.94. The summed E-state index contributed by atoms with van der Waals surface area (Å²) < 4.78 is 18.8. The van der Waals surface area contributed by atoms with Gasteiger partial charge in [-0.2, -0.15) is 0 Å². The first-order valence-corrected chi connectivity index (χ1v) is 6.95. The Morgan fingerprint density at radius 2 is 2.25 bits per heavy atom. The summed E-state index contributed by atoms with van der Waals surface area (Å²) >= 11 is 0. The molecule has 1 aromatic rings. The Kier molecular flexibility index (Phi) is 2.99. The van der Waals surface area contributed by atoms with Crippen LogP contribution in [0.15, 0.2) is 24.3 Å². The number of halogens is 1. The topological polar surface area (TPSA) is 49.8 Å². The van der Waals surface area contributed by atoms with Crippen LogP contribution in [-0.2, 0) is 9.53 Å². The van der Waals surface area contributed by atoms with Gasteiger partial charge in [0.1, 0.15) is 17.5 Å². The highest BCUT2D eigenvalue weighted by atomic mass is 19.1. The highest BCUT2D eigenvalue weighted by Gasteiger charge is 2.65. The first kappa shape index (κ1) is 13.7. The largest absolute Gasteiger partial charge is 0.388 e. The predicted molar refractivity (Wildman–Crippen MR) is 71.6 cm³/mol. The number of benzene rings is 1. The van der Waals surface area contributed by atoms with Crippen LogP contribution in [0.3, 0.4) is 0 Å². The Bertz CT molecular complexity index is 554. The third-order valence-electron chi connectivity index (χ3n) is 4.27. The van der Waals surface area contributed by atoms with Gasteiger partial charge in [0.15, 0.2) is 5.78 Å². The van der Waals surface area contributed by atoms with E-state index >= 15 is 0 Å². The van der Waals surface area contributed by atoms with E-state index in [0.717, 1.165) is 6.42 Å². The third kappa shape index (κ3) is 2.38. The first-order chi connectivity index (χ1) is 9.31. The third-order valence-corrected chi connectivity index (χ3v) is 4.27. The number of Topliss-reactive ketones (excluding diaryl/α,β-unsaturated/α-hetero) is 1. The molecule has 1 heterocycles. The maximum atomic E-state index is 13.2. The van der Waals surface area contributed by atoms with Crippen molar-refractivity contribution in [3.05, 3.63) is 35.6 Å². The SMILES string of the molecule is CC1(C)CC(=O)C2OC2(CC(O)c2cccc(F)c2)C1. The van der Waals surface area contributed by atoms with Crippen LogP contribution in [0.2, 0.25) is 0 Å². The summed E-state index contributed by atoms with van der Waals surface area (Å²) in [5.41, 5.74) is -0.125. The predicted octanol–water partition coefficient (Wildman–Crippen LogP) is 2.78. The minimum absolute atomic E-state index is 0.105. The van der Waals surface area contributed by atoms with Crippen LogP contribution in [0.4, 0.5) is 4.39 Å². The lowest BCUT2D eigenvalue weighted by Crippen LogP contribution is -2.37. The smallest absolute Gasteiger partial charge is 0.165 e. The Labute approximate surface area is 117 Å². The monoisotopic (exact) mass is 278 g/mol. The van der Waals surface area contributed by atoms with E-state index in [-0.39, 0.29) is 23.1 Å². The van der Waals surface area contributed by atoms with Crippen LogP contribution in [0.1, 0.15) is 44.8 Å².